The lowest BCUT2D eigenvalue weighted by Crippen LogP contribution is -2.25. The summed E-state index contributed by atoms with van der Waals surface area (Å²) in [6.07, 6.45) is 1.86. The normalized spacial score (nSPS) is 10.5. The van der Waals surface area contributed by atoms with E-state index in [0.717, 1.165) is 21.7 Å². The molecule has 4 nitrogen and oxygen atoms in total. The van der Waals surface area contributed by atoms with Crippen molar-refractivity contribution in [3.8, 4) is 0 Å². The van der Waals surface area contributed by atoms with Gasteiger partial charge >= 0.3 is 0 Å². The van der Waals surface area contributed by atoms with E-state index in [9.17, 15) is 4.79 Å². The number of nitrogens with one attached hydrogen (secondary N) is 1. The van der Waals surface area contributed by atoms with Gasteiger partial charge in [-0.25, -0.2) is 4.98 Å². The number of nitrogens with zero attached hydrogens (tertiary/aromatic N) is 1. The highest BCUT2D eigenvalue weighted by atomic mass is 32.2. The first-order chi connectivity index (χ1) is 9.20. The second-order valence-corrected chi connectivity index (χ2v) is 6.07. The van der Waals surface area contributed by atoms with E-state index >= 15 is 0 Å². The predicted octanol–water partition coefficient (Wildman–Crippen LogP) is 2.53. The van der Waals surface area contributed by atoms with Crippen molar-refractivity contribution < 1.29 is 4.79 Å². The zero-order chi connectivity index (χ0) is 13.7. The van der Waals surface area contributed by atoms with Gasteiger partial charge in [-0.1, -0.05) is 17.4 Å². The van der Waals surface area contributed by atoms with Crippen molar-refractivity contribution in [3.63, 3.8) is 0 Å². The topological polar surface area (TPSA) is 68.0 Å². The maximum Gasteiger partial charge on any atom is 0.251 e. The number of fused-ring (bicyclic) bond motifs is 1. The molecule has 0 fully saturated rings. The SMILES string of the molecule is C=CCSCCNC(=O)c1ccc2nc(N)sc2c1. The number of rotatable bonds is 6. The van der Waals surface area contributed by atoms with Gasteiger partial charge in [-0.2, -0.15) is 11.8 Å². The third-order valence-electron chi connectivity index (χ3n) is 2.43. The number of thioether (sulfide) groups is 1. The molecule has 6 heteroatoms. The quantitative estimate of drug-likeness (QED) is 0.634. The number of thiazole rings is 1. The van der Waals surface area contributed by atoms with Crippen molar-refractivity contribution in [2.24, 2.45) is 0 Å². The largest absolute Gasteiger partial charge is 0.375 e. The monoisotopic (exact) mass is 293 g/mol. The lowest BCUT2D eigenvalue weighted by molar-refractivity contribution is 0.0956. The Kier molecular flexibility index (Phi) is 4.81. The predicted molar refractivity (Wildman–Crippen MR) is 83.9 cm³/mol. The molecule has 100 valence electrons. The summed E-state index contributed by atoms with van der Waals surface area (Å²) in [6, 6.07) is 5.42. The molecule has 2 aromatic rings. The van der Waals surface area contributed by atoms with Gasteiger partial charge in [0.25, 0.3) is 5.91 Å². The Morgan fingerprint density at radius 3 is 3.21 bits per heavy atom. The van der Waals surface area contributed by atoms with E-state index in [0.29, 0.717) is 17.2 Å². The molecule has 0 aliphatic heterocycles. The van der Waals surface area contributed by atoms with Crippen molar-refractivity contribution in [3.05, 3.63) is 36.4 Å². The van der Waals surface area contributed by atoms with Crippen LogP contribution in [0.15, 0.2) is 30.9 Å². The molecule has 0 aliphatic carbocycles. The van der Waals surface area contributed by atoms with Gasteiger partial charge in [-0.3, -0.25) is 4.79 Å². The highest BCUT2D eigenvalue weighted by molar-refractivity contribution is 7.99. The Hall–Kier alpha value is -1.53. The van der Waals surface area contributed by atoms with Crippen LogP contribution in [0.3, 0.4) is 0 Å². The minimum absolute atomic E-state index is 0.0620. The molecule has 0 unspecified atom stereocenters. The Labute approximate surface area is 120 Å². The van der Waals surface area contributed by atoms with Crippen LogP contribution < -0.4 is 11.1 Å². The number of hydrogen-bond donors (Lipinski definition) is 2. The molecule has 2 rings (SSSR count). The van der Waals surface area contributed by atoms with Crippen molar-refractivity contribution in [2.45, 2.75) is 0 Å². The molecular formula is C13H15N3OS2. The van der Waals surface area contributed by atoms with Crippen LogP contribution >= 0.6 is 23.1 Å². The molecule has 1 aromatic heterocycles. The van der Waals surface area contributed by atoms with E-state index in [2.05, 4.69) is 16.9 Å². The van der Waals surface area contributed by atoms with Crippen LogP contribution in [0, 0.1) is 0 Å². The summed E-state index contributed by atoms with van der Waals surface area (Å²) < 4.78 is 0.936. The van der Waals surface area contributed by atoms with E-state index in [1.54, 1.807) is 17.8 Å². The Balaban J connectivity index is 1.95. The zero-order valence-electron chi connectivity index (χ0n) is 10.4. The van der Waals surface area contributed by atoms with Gasteiger partial charge in [0.1, 0.15) is 0 Å². The van der Waals surface area contributed by atoms with Crippen LogP contribution in [0.2, 0.25) is 0 Å². The van der Waals surface area contributed by atoms with Crippen LogP contribution in [0.4, 0.5) is 5.13 Å². The fourth-order valence-corrected chi connectivity index (χ4v) is 2.94. The molecule has 1 heterocycles. The number of anilines is 1. The molecule has 0 saturated carbocycles. The van der Waals surface area contributed by atoms with Crippen molar-refractivity contribution in [2.75, 3.05) is 23.8 Å². The molecule has 0 spiro atoms. The number of nitrogens with two attached hydrogens (primary N) is 1. The average Bonchev–Trinajstić information content (AvgIpc) is 2.77. The number of amides is 1. The lowest BCUT2D eigenvalue weighted by Gasteiger charge is -2.04. The Morgan fingerprint density at radius 1 is 1.58 bits per heavy atom. The Bertz CT molecular complexity index is 595. The molecule has 0 atom stereocenters. The first-order valence-corrected chi connectivity index (χ1v) is 7.80. The van der Waals surface area contributed by atoms with Crippen molar-refractivity contribution >= 4 is 44.4 Å². The molecule has 1 amide bonds. The third-order valence-corrected chi connectivity index (χ3v) is 4.25. The molecule has 1 aromatic carbocycles. The minimum atomic E-state index is -0.0620. The summed E-state index contributed by atoms with van der Waals surface area (Å²) in [7, 11) is 0. The van der Waals surface area contributed by atoms with Crippen LogP contribution in [0.1, 0.15) is 10.4 Å². The molecule has 19 heavy (non-hydrogen) atoms. The number of benzene rings is 1. The Morgan fingerprint density at radius 2 is 2.42 bits per heavy atom. The standard InChI is InChI=1S/C13H15N3OS2/c1-2-6-18-7-5-15-12(17)9-3-4-10-11(8-9)19-13(14)16-10/h2-4,8H,1,5-7H2,(H2,14,16)(H,15,17). The lowest BCUT2D eigenvalue weighted by atomic mass is 10.2. The van der Waals surface area contributed by atoms with Gasteiger partial charge in [0.05, 0.1) is 10.2 Å². The van der Waals surface area contributed by atoms with Crippen molar-refractivity contribution in [1.82, 2.24) is 10.3 Å². The summed E-state index contributed by atoms with van der Waals surface area (Å²) in [5.74, 6) is 1.73. The minimum Gasteiger partial charge on any atom is -0.375 e. The molecule has 0 bridgehead atoms. The number of aromatic nitrogens is 1. The summed E-state index contributed by atoms with van der Waals surface area (Å²) in [5, 5.41) is 3.41. The van der Waals surface area contributed by atoms with Gasteiger partial charge in [0.2, 0.25) is 0 Å². The van der Waals surface area contributed by atoms with Crippen LogP contribution in [0.5, 0.6) is 0 Å². The van der Waals surface area contributed by atoms with Gasteiger partial charge in [-0.15, -0.1) is 6.58 Å². The van der Waals surface area contributed by atoms with Gasteiger partial charge in [0, 0.05) is 23.6 Å². The average molecular weight is 293 g/mol. The van der Waals surface area contributed by atoms with E-state index in [-0.39, 0.29) is 5.91 Å². The summed E-state index contributed by atoms with van der Waals surface area (Å²) in [5.41, 5.74) is 7.12. The van der Waals surface area contributed by atoms with E-state index in [1.165, 1.54) is 11.3 Å². The fourth-order valence-electron chi connectivity index (χ4n) is 1.59. The maximum absolute atomic E-state index is 11.9. The number of carbonyl (C=O) groups excluding carboxylic acids is 1. The van der Waals surface area contributed by atoms with Crippen LogP contribution in [-0.2, 0) is 0 Å². The summed E-state index contributed by atoms with van der Waals surface area (Å²) in [4.78, 5) is 16.1. The number of hydrogen-bond acceptors (Lipinski definition) is 5. The molecule has 0 aliphatic rings. The molecule has 0 radical (unpaired) electrons. The van der Waals surface area contributed by atoms with E-state index in [4.69, 9.17) is 5.73 Å². The summed E-state index contributed by atoms with van der Waals surface area (Å²) in [6.45, 7) is 4.30. The smallest absolute Gasteiger partial charge is 0.251 e. The second kappa shape index (κ2) is 6.58. The number of nitrogen functional groups attached to an aromatic ring is 1. The zero-order valence-corrected chi connectivity index (χ0v) is 12.0. The first kappa shape index (κ1) is 13.9. The van der Waals surface area contributed by atoms with Crippen LogP contribution in [-0.4, -0.2) is 28.9 Å². The highest BCUT2D eigenvalue weighted by Gasteiger charge is 2.08. The molecular weight excluding hydrogens is 278 g/mol. The van der Waals surface area contributed by atoms with Gasteiger partial charge in [-0.05, 0) is 18.2 Å². The second-order valence-electron chi connectivity index (χ2n) is 3.85. The van der Waals surface area contributed by atoms with E-state index in [1.807, 2.05) is 18.2 Å². The highest BCUT2D eigenvalue weighted by Crippen LogP contribution is 2.24. The van der Waals surface area contributed by atoms with Crippen LogP contribution in [0.25, 0.3) is 10.2 Å². The van der Waals surface area contributed by atoms with E-state index < -0.39 is 0 Å². The maximum atomic E-state index is 11.9. The summed E-state index contributed by atoms with van der Waals surface area (Å²) >= 11 is 3.13. The third kappa shape index (κ3) is 3.71. The van der Waals surface area contributed by atoms with Gasteiger partial charge in [0.15, 0.2) is 5.13 Å². The molecule has 3 N–H and O–H groups in total. The molecule has 0 saturated heterocycles. The van der Waals surface area contributed by atoms with Crippen molar-refractivity contribution in [1.29, 1.82) is 0 Å². The number of carbonyl (C=O) groups is 1. The fraction of sp³-hybridized carbons (Fsp3) is 0.231. The van der Waals surface area contributed by atoms with Gasteiger partial charge < -0.3 is 11.1 Å². The first-order valence-electron chi connectivity index (χ1n) is 5.83.